The molecule has 2 heterocycles. The number of aromatic amines is 1. The number of ether oxygens (including phenoxy) is 1. The van der Waals surface area contributed by atoms with Gasteiger partial charge < -0.3 is 15.4 Å². The highest BCUT2D eigenvalue weighted by Gasteiger charge is 2.08. The van der Waals surface area contributed by atoms with Gasteiger partial charge in [-0.2, -0.15) is 5.10 Å². The Kier molecular flexibility index (Phi) is 8.83. The van der Waals surface area contributed by atoms with E-state index in [9.17, 15) is 0 Å². The first-order valence-electron chi connectivity index (χ1n) is 9.02. The lowest BCUT2D eigenvalue weighted by molar-refractivity contribution is 0.415. The lowest BCUT2D eigenvalue weighted by Crippen LogP contribution is -2.38. The van der Waals surface area contributed by atoms with Crippen LogP contribution in [-0.4, -0.2) is 46.8 Å². The second kappa shape index (κ2) is 11.1. The molecule has 0 spiro atoms. The van der Waals surface area contributed by atoms with Crippen molar-refractivity contribution in [3.8, 4) is 17.1 Å². The maximum Gasteiger partial charge on any atom is 0.191 e. The number of H-pyrrole nitrogens is 1. The van der Waals surface area contributed by atoms with Gasteiger partial charge in [0, 0.05) is 30.5 Å². The normalized spacial score (nSPS) is 11.1. The summed E-state index contributed by atoms with van der Waals surface area (Å²) < 4.78 is 5.17. The minimum Gasteiger partial charge on any atom is -0.497 e. The Bertz CT molecular complexity index is 917. The van der Waals surface area contributed by atoms with Crippen LogP contribution in [0.4, 0.5) is 0 Å². The summed E-state index contributed by atoms with van der Waals surface area (Å²) in [6, 6.07) is 7.64. The van der Waals surface area contributed by atoms with Gasteiger partial charge in [0.25, 0.3) is 0 Å². The first-order valence-corrected chi connectivity index (χ1v) is 9.84. The van der Waals surface area contributed by atoms with Gasteiger partial charge >= 0.3 is 0 Å². The number of aliphatic imine (C=N–C) groups is 1. The number of nitrogens with one attached hydrogen (secondary N) is 3. The molecule has 0 aliphatic rings. The topological polar surface area (TPSA) is 100 Å². The van der Waals surface area contributed by atoms with Crippen LogP contribution in [0.5, 0.6) is 5.75 Å². The first kappa shape index (κ1) is 23.1. The van der Waals surface area contributed by atoms with Gasteiger partial charge in [0.15, 0.2) is 11.8 Å². The van der Waals surface area contributed by atoms with Crippen molar-refractivity contribution in [2.24, 2.45) is 4.99 Å². The smallest absolute Gasteiger partial charge is 0.191 e. The molecule has 0 aliphatic carbocycles. The third kappa shape index (κ3) is 6.39. The fourth-order valence-electron chi connectivity index (χ4n) is 2.57. The van der Waals surface area contributed by atoms with Crippen molar-refractivity contribution >= 4 is 41.3 Å². The van der Waals surface area contributed by atoms with Gasteiger partial charge in [0.2, 0.25) is 0 Å². The van der Waals surface area contributed by atoms with E-state index < -0.39 is 0 Å². The van der Waals surface area contributed by atoms with E-state index in [0.717, 1.165) is 40.8 Å². The van der Waals surface area contributed by atoms with Crippen molar-refractivity contribution in [2.75, 3.05) is 20.7 Å². The second-order valence-electron chi connectivity index (χ2n) is 6.19. The third-order valence-electron chi connectivity index (χ3n) is 4.23. The van der Waals surface area contributed by atoms with Crippen LogP contribution in [0.1, 0.15) is 21.4 Å². The molecule has 3 N–H and O–H groups in total. The number of methoxy groups -OCH3 is 1. The molecule has 1 aromatic carbocycles. The maximum atomic E-state index is 5.17. The van der Waals surface area contributed by atoms with Gasteiger partial charge in [-0.3, -0.25) is 10.1 Å². The molecule has 29 heavy (non-hydrogen) atoms. The van der Waals surface area contributed by atoms with E-state index in [0.29, 0.717) is 18.3 Å². The molecule has 3 aromatic rings. The van der Waals surface area contributed by atoms with E-state index in [1.54, 1.807) is 25.5 Å². The minimum atomic E-state index is 0. The van der Waals surface area contributed by atoms with Gasteiger partial charge in [-0.05, 0) is 38.1 Å². The monoisotopic (exact) mass is 527 g/mol. The van der Waals surface area contributed by atoms with Gasteiger partial charge in [0.05, 0.1) is 24.4 Å². The Hall–Kier alpha value is -2.21. The summed E-state index contributed by atoms with van der Waals surface area (Å²) in [6.07, 6.45) is 0.865. The highest BCUT2D eigenvalue weighted by molar-refractivity contribution is 14.0. The maximum absolute atomic E-state index is 5.17. The predicted molar refractivity (Wildman–Crippen MR) is 127 cm³/mol. The van der Waals surface area contributed by atoms with E-state index >= 15 is 0 Å². The van der Waals surface area contributed by atoms with E-state index in [-0.39, 0.29) is 24.0 Å². The summed E-state index contributed by atoms with van der Waals surface area (Å²) in [7, 11) is 3.39. The Morgan fingerprint density at radius 3 is 2.55 bits per heavy atom. The summed E-state index contributed by atoms with van der Waals surface area (Å²) in [5, 5.41) is 14.9. The van der Waals surface area contributed by atoms with Gasteiger partial charge in [-0.1, -0.05) is 0 Å². The van der Waals surface area contributed by atoms with Gasteiger partial charge in [0.1, 0.15) is 11.6 Å². The number of hydrogen-bond donors (Lipinski definition) is 3. The molecule has 0 amide bonds. The number of thiazole rings is 1. The van der Waals surface area contributed by atoms with Crippen molar-refractivity contribution in [3.05, 3.63) is 45.7 Å². The van der Waals surface area contributed by atoms with Crippen LogP contribution in [0.2, 0.25) is 0 Å². The number of aryl methyl sites for hydroxylation is 2. The van der Waals surface area contributed by atoms with Crippen LogP contribution in [-0.2, 0) is 13.0 Å². The lowest BCUT2D eigenvalue weighted by atomic mass is 10.2. The average Bonchev–Trinajstić information content (AvgIpc) is 3.31. The van der Waals surface area contributed by atoms with Crippen molar-refractivity contribution in [2.45, 2.75) is 26.8 Å². The molecule has 8 nitrogen and oxygen atoms in total. The fraction of sp³-hybridized carbons (Fsp3) is 0.368. The molecule has 2 aromatic heterocycles. The van der Waals surface area contributed by atoms with Crippen LogP contribution < -0.4 is 15.4 Å². The first-order chi connectivity index (χ1) is 13.6. The summed E-state index contributed by atoms with van der Waals surface area (Å²) >= 11 is 1.74. The highest BCUT2D eigenvalue weighted by atomic mass is 127. The largest absolute Gasteiger partial charge is 0.497 e. The molecule has 0 bridgehead atoms. The van der Waals surface area contributed by atoms with E-state index in [2.05, 4.69) is 42.7 Å². The minimum absolute atomic E-state index is 0. The predicted octanol–water partition coefficient (Wildman–Crippen LogP) is 3.08. The number of rotatable bonds is 7. The van der Waals surface area contributed by atoms with E-state index in [1.807, 2.05) is 31.2 Å². The van der Waals surface area contributed by atoms with E-state index in [1.165, 1.54) is 4.88 Å². The molecule has 0 saturated carbocycles. The SMILES string of the molecule is CN=C(NCCc1nc(C)c(C)s1)NCc1nc(-c2ccc(OC)cc2)n[nH]1.I. The molecular formula is C19H26IN7OS. The van der Waals surface area contributed by atoms with Crippen LogP contribution >= 0.6 is 35.3 Å². The van der Waals surface area contributed by atoms with Crippen molar-refractivity contribution in [3.63, 3.8) is 0 Å². The number of nitrogens with zero attached hydrogens (tertiary/aromatic N) is 4. The summed E-state index contributed by atoms with van der Waals surface area (Å²) in [4.78, 5) is 14.6. The number of hydrogen-bond acceptors (Lipinski definition) is 6. The van der Waals surface area contributed by atoms with Crippen LogP contribution in [0.3, 0.4) is 0 Å². The molecule has 156 valence electrons. The van der Waals surface area contributed by atoms with Crippen LogP contribution in [0.25, 0.3) is 11.4 Å². The molecule has 0 aliphatic heterocycles. The van der Waals surface area contributed by atoms with Crippen molar-refractivity contribution in [1.29, 1.82) is 0 Å². The summed E-state index contributed by atoms with van der Waals surface area (Å²) in [6.45, 7) is 5.40. The Morgan fingerprint density at radius 2 is 1.93 bits per heavy atom. The fourth-order valence-corrected chi connectivity index (χ4v) is 3.50. The van der Waals surface area contributed by atoms with Gasteiger partial charge in [-0.15, -0.1) is 35.3 Å². The quantitative estimate of drug-likeness (QED) is 0.248. The average molecular weight is 527 g/mol. The molecule has 0 saturated heterocycles. The Labute approximate surface area is 191 Å². The lowest BCUT2D eigenvalue weighted by Gasteiger charge is -2.09. The Morgan fingerprint density at radius 1 is 1.17 bits per heavy atom. The molecule has 0 unspecified atom stereocenters. The number of aromatic nitrogens is 4. The Balaban J connectivity index is 0.00000300. The van der Waals surface area contributed by atoms with Crippen molar-refractivity contribution in [1.82, 2.24) is 30.8 Å². The van der Waals surface area contributed by atoms with Crippen molar-refractivity contribution < 1.29 is 4.74 Å². The number of halogens is 1. The van der Waals surface area contributed by atoms with Crippen LogP contribution in [0, 0.1) is 13.8 Å². The van der Waals surface area contributed by atoms with Gasteiger partial charge in [-0.25, -0.2) is 9.97 Å². The molecule has 0 atom stereocenters. The third-order valence-corrected chi connectivity index (χ3v) is 5.36. The number of guanidine groups is 1. The summed E-state index contributed by atoms with van der Waals surface area (Å²) in [5.74, 6) is 2.91. The zero-order valence-electron chi connectivity index (χ0n) is 16.9. The second-order valence-corrected chi connectivity index (χ2v) is 7.47. The number of benzene rings is 1. The van der Waals surface area contributed by atoms with E-state index in [4.69, 9.17) is 4.74 Å². The molecule has 3 rings (SSSR count). The zero-order chi connectivity index (χ0) is 19.9. The molecular weight excluding hydrogens is 501 g/mol. The zero-order valence-corrected chi connectivity index (χ0v) is 20.1. The molecule has 0 fully saturated rings. The summed E-state index contributed by atoms with van der Waals surface area (Å²) in [5.41, 5.74) is 2.04. The molecule has 10 heteroatoms. The highest BCUT2D eigenvalue weighted by Crippen LogP contribution is 2.19. The molecule has 0 radical (unpaired) electrons. The van der Waals surface area contributed by atoms with Crippen LogP contribution in [0.15, 0.2) is 29.3 Å². The standard InChI is InChI=1S/C19H25N7OS.HI/c1-12-13(2)28-17(23-12)9-10-21-19(20-3)22-11-16-24-18(26-25-16)14-5-7-15(27-4)8-6-14;/h5-8H,9-11H2,1-4H3,(H2,20,21,22)(H,24,25,26);1H.